The lowest BCUT2D eigenvalue weighted by molar-refractivity contribution is 0.849. The summed E-state index contributed by atoms with van der Waals surface area (Å²) in [4.78, 5) is 8.93. The summed E-state index contributed by atoms with van der Waals surface area (Å²) in [6, 6.07) is 0. The second-order valence-electron chi connectivity index (χ2n) is 4.14. The number of aryl methyl sites for hydroxylation is 1. The lowest BCUT2D eigenvalue weighted by Gasteiger charge is -2.30. The lowest BCUT2D eigenvalue weighted by Crippen LogP contribution is -2.23. The topological polar surface area (TPSA) is 25.8 Å². The molecule has 1 saturated heterocycles. The van der Waals surface area contributed by atoms with Crippen molar-refractivity contribution in [1.29, 1.82) is 0 Å². The third-order valence-electron chi connectivity index (χ3n) is 2.83. The first-order valence-corrected chi connectivity index (χ1v) is 8.62. The highest BCUT2D eigenvalue weighted by Gasteiger charge is 2.29. The van der Waals surface area contributed by atoms with Crippen LogP contribution in [0.2, 0.25) is 5.15 Å². The fraction of sp³-hybridized carbons (Fsp3) is 0.636. The zero-order chi connectivity index (χ0) is 12.6. The maximum Gasteiger partial charge on any atom is 0.147 e. The molecule has 3 unspecified atom stereocenters. The lowest BCUT2D eigenvalue weighted by atomic mass is 10.3. The highest BCUT2D eigenvalue weighted by Crippen LogP contribution is 2.43. The molecule has 94 valence electrons. The highest BCUT2D eigenvalue weighted by atomic mass is 79.9. The molecule has 0 amide bonds. The van der Waals surface area contributed by atoms with Crippen LogP contribution in [0.4, 0.5) is 0 Å². The first-order chi connectivity index (χ1) is 7.99. The summed E-state index contributed by atoms with van der Waals surface area (Å²) >= 11 is 13.4. The van der Waals surface area contributed by atoms with E-state index in [0.29, 0.717) is 20.9 Å². The van der Waals surface area contributed by atoms with Crippen molar-refractivity contribution in [3.05, 3.63) is 21.1 Å². The Morgan fingerprint density at radius 3 is 2.59 bits per heavy atom. The van der Waals surface area contributed by atoms with Gasteiger partial charge in [0.15, 0.2) is 0 Å². The van der Waals surface area contributed by atoms with Gasteiger partial charge in [0.1, 0.15) is 11.0 Å². The van der Waals surface area contributed by atoms with Gasteiger partial charge in [0.25, 0.3) is 0 Å². The van der Waals surface area contributed by atoms with Gasteiger partial charge in [0, 0.05) is 16.3 Å². The Morgan fingerprint density at radius 1 is 1.29 bits per heavy atom. The Balaban J connectivity index is 2.23. The molecule has 0 saturated carbocycles. The van der Waals surface area contributed by atoms with Crippen LogP contribution in [-0.4, -0.2) is 26.2 Å². The first kappa shape index (κ1) is 14.0. The molecular weight excluding hydrogens is 340 g/mol. The van der Waals surface area contributed by atoms with Gasteiger partial charge in [-0.25, -0.2) is 9.97 Å². The number of thioether (sulfide) groups is 2. The summed E-state index contributed by atoms with van der Waals surface area (Å²) in [5.41, 5.74) is 0.914. The van der Waals surface area contributed by atoms with E-state index in [-0.39, 0.29) is 0 Å². The summed E-state index contributed by atoms with van der Waals surface area (Å²) in [6.45, 7) is 6.49. The second-order valence-corrected chi connectivity index (χ2v) is 8.29. The standard InChI is InChI=1S/C11H14BrClN2S2/c1-5-9(12)10(13)15-11(14-5)8-4-16-6(2)7(3)17-8/h6-8H,4H2,1-3H3. The van der Waals surface area contributed by atoms with Crippen LogP contribution in [-0.2, 0) is 0 Å². The van der Waals surface area contributed by atoms with E-state index >= 15 is 0 Å². The smallest absolute Gasteiger partial charge is 0.147 e. The maximum atomic E-state index is 6.09. The van der Waals surface area contributed by atoms with Crippen LogP contribution in [0.15, 0.2) is 4.47 Å². The van der Waals surface area contributed by atoms with Crippen LogP contribution in [0.25, 0.3) is 0 Å². The molecule has 1 fully saturated rings. The fourth-order valence-corrected chi connectivity index (χ4v) is 4.85. The van der Waals surface area contributed by atoms with E-state index in [2.05, 4.69) is 39.7 Å². The summed E-state index contributed by atoms with van der Waals surface area (Å²) in [5.74, 6) is 1.93. The van der Waals surface area contributed by atoms with Gasteiger partial charge in [-0.1, -0.05) is 25.4 Å². The van der Waals surface area contributed by atoms with Crippen LogP contribution in [0.5, 0.6) is 0 Å². The van der Waals surface area contributed by atoms with E-state index in [9.17, 15) is 0 Å². The normalized spacial score (nSPS) is 29.4. The van der Waals surface area contributed by atoms with Gasteiger partial charge in [0.2, 0.25) is 0 Å². The average molecular weight is 354 g/mol. The molecule has 17 heavy (non-hydrogen) atoms. The summed E-state index contributed by atoms with van der Waals surface area (Å²) in [6.07, 6.45) is 0. The number of hydrogen-bond donors (Lipinski definition) is 0. The van der Waals surface area contributed by atoms with E-state index in [1.807, 2.05) is 30.4 Å². The minimum absolute atomic E-state index is 0.357. The third kappa shape index (κ3) is 3.11. The van der Waals surface area contributed by atoms with Crippen molar-refractivity contribution in [2.24, 2.45) is 0 Å². The van der Waals surface area contributed by atoms with Gasteiger partial charge in [-0.3, -0.25) is 0 Å². The van der Waals surface area contributed by atoms with Crippen LogP contribution in [0, 0.1) is 6.92 Å². The first-order valence-electron chi connectivity index (χ1n) is 5.45. The summed E-state index contributed by atoms with van der Waals surface area (Å²) < 4.78 is 0.804. The molecule has 3 atom stereocenters. The molecule has 0 N–H and O–H groups in total. The molecule has 1 aliphatic heterocycles. The Kier molecular flexibility index (Phi) is 4.67. The fourth-order valence-electron chi connectivity index (χ4n) is 1.61. The molecule has 2 heterocycles. The Bertz CT molecular complexity index is 407. The van der Waals surface area contributed by atoms with E-state index in [1.54, 1.807) is 0 Å². The predicted octanol–water partition coefficient (Wildman–Crippen LogP) is 4.50. The van der Waals surface area contributed by atoms with Crippen LogP contribution < -0.4 is 0 Å². The van der Waals surface area contributed by atoms with Gasteiger partial charge >= 0.3 is 0 Å². The van der Waals surface area contributed by atoms with Crippen molar-refractivity contribution < 1.29 is 0 Å². The van der Waals surface area contributed by atoms with Crippen molar-refractivity contribution in [2.75, 3.05) is 5.75 Å². The summed E-state index contributed by atoms with van der Waals surface area (Å²) in [5, 5.41) is 2.20. The van der Waals surface area contributed by atoms with Gasteiger partial charge in [-0.2, -0.15) is 11.8 Å². The average Bonchev–Trinajstić information content (AvgIpc) is 2.29. The molecule has 0 bridgehead atoms. The third-order valence-corrected chi connectivity index (χ3v) is 7.67. The molecule has 0 aromatic carbocycles. The second kappa shape index (κ2) is 5.68. The van der Waals surface area contributed by atoms with Crippen molar-refractivity contribution in [3.63, 3.8) is 0 Å². The van der Waals surface area contributed by atoms with Crippen LogP contribution in [0.3, 0.4) is 0 Å². The zero-order valence-electron chi connectivity index (χ0n) is 9.91. The highest BCUT2D eigenvalue weighted by molar-refractivity contribution is 9.10. The van der Waals surface area contributed by atoms with E-state index < -0.39 is 0 Å². The van der Waals surface area contributed by atoms with Crippen LogP contribution >= 0.6 is 51.1 Å². The van der Waals surface area contributed by atoms with Crippen molar-refractivity contribution in [1.82, 2.24) is 9.97 Å². The maximum absolute atomic E-state index is 6.09. The Labute approximate surface area is 124 Å². The number of aromatic nitrogens is 2. The minimum Gasteiger partial charge on any atom is -0.236 e. The van der Waals surface area contributed by atoms with Crippen LogP contribution in [0.1, 0.15) is 30.6 Å². The largest absolute Gasteiger partial charge is 0.236 e. The van der Waals surface area contributed by atoms with E-state index in [4.69, 9.17) is 11.6 Å². The molecular formula is C11H14BrClN2S2. The van der Waals surface area contributed by atoms with Crippen molar-refractivity contribution >= 4 is 51.1 Å². The molecule has 1 aliphatic rings. The summed E-state index contributed by atoms with van der Waals surface area (Å²) in [7, 11) is 0. The van der Waals surface area contributed by atoms with E-state index in [0.717, 1.165) is 21.7 Å². The van der Waals surface area contributed by atoms with Gasteiger partial charge in [0.05, 0.1) is 15.4 Å². The molecule has 2 nitrogen and oxygen atoms in total. The molecule has 0 aliphatic carbocycles. The quantitative estimate of drug-likeness (QED) is 0.694. The van der Waals surface area contributed by atoms with Gasteiger partial charge < -0.3 is 0 Å². The van der Waals surface area contributed by atoms with Crippen molar-refractivity contribution in [3.8, 4) is 0 Å². The zero-order valence-corrected chi connectivity index (χ0v) is 13.9. The molecule has 1 aromatic rings. The van der Waals surface area contributed by atoms with Gasteiger partial charge in [-0.05, 0) is 22.9 Å². The molecule has 0 radical (unpaired) electrons. The number of rotatable bonds is 1. The predicted molar refractivity (Wildman–Crippen MR) is 81.2 cm³/mol. The molecule has 6 heteroatoms. The minimum atomic E-state index is 0.357. The molecule has 0 spiro atoms. The molecule has 2 rings (SSSR count). The SMILES string of the molecule is Cc1nc(C2CSC(C)C(C)S2)nc(Cl)c1Br. The number of hydrogen-bond acceptors (Lipinski definition) is 4. The van der Waals surface area contributed by atoms with Gasteiger partial charge in [-0.15, -0.1) is 11.8 Å². The van der Waals surface area contributed by atoms with Crippen molar-refractivity contribution in [2.45, 2.75) is 36.5 Å². The molecule has 1 aromatic heterocycles. The number of nitrogens with zero attached hydrogens (tertiary/aromatic N) is 2. The number of halogens is 2. The monoisotopic (exact) mass is 352 g/mol. The van der Waals surface area contributed by atoms with E-state index in [1.165, 1.54) is 0 Å². The Morgan fingerprint density at radius 2 is 2.00 bits per heavy atom. The Hall–Kier alpha value is 0.550.